The van der Waals surface area contributed by atoms with Crippen molar-refractivity contribution in [2.24, 2.45) is 0 Å². The molecule has 1 rings (SSSR count). The van der Waals surface area contributed by atoms with Crippen molar-refractivity contribution in [3.05, 3.63) is 24.0 Å². The fourth-order valence-electron chi connectivity index (χ4n) is 1.28. The number of aliphatic hydroxyl groups is 1. The molecule has 0 saturated heterocycles. The first-order chi connectivity index (χ1) is 7.79. The van der Waals surface area contributed by atoms with Gasteiger partial charge in [0.2, 0.25) is 0 Å². The van der Waals surface area contributed by atoms with Gasteiger partial charge in [0.1, 0.15) is 12.2 Å². The maximum absolute atomic E-state index is 12.2. The van der Waals surface area contributed by atoms with Crippen LogP contribution in [-0.4, -0.2) is 34.4 Å². The second-order valence-corrected chi connectivity index (χ2v) is 3.70. The Labute approximate surface area is 96.0 Å². The summed E-state index contributed by atoms with van der Waals surface area (Å²) < 4.78 is 37.4. The first-order valence-corrected chi connectivity index (χ1v) is 4.98. The Morgan fingerprint density at radius 2 is 2.24 bits per heavy atom. The quantitative estimate of drug-likeness (QED) is 0.842. The third-order valence-corrected chi connectivity index (χ3v) is 1.97. The molecule has 4 nitrogen and oxygen atoms in total. The third-order valence-electron chi connectivity index (χ3n) is 1.97. The van der Waals surface area contributed by atoms with E-state index >= 15 is 0 Å². The molecule has 0 bridgehead atoms. The van der Waals surface area contributed by atoms with Crippen LogP contribution >= 0.6 is 0 Å². The largest absolute Gasteiger partial charge is 0.406 e. The molecule has 1 heterocycles. The average molecular weight is 250 g/mol. The molecule has 0 aliphatic rings. The van der Waals surface area contributed by atoms with Crippen LogP contribution in [0.2, 0.25) is 0 Å². The van der Waals surface area contributed by atoms with Gasteiger partial charge in [0.05, 0.1) is 6.10 Å². The van der Waals surface area contributed by atoms with Gasteiger partial charge in [-0.05, 0) is 19.1 Å². The van der Waals surface area contributed by atoms with Gasteiger partial charge in [-0.2, -0.15) is 13.2 Å². The van der Waals surface area contributed by atoms with Crippen LogP contribution in [0, 0.1) is 0 Å². The predicted octanol–water partition coefficient (Wildman–Crippen LogP) is 1.16. The standard InChI is InChI=1S/C10H13F3N2O2/c1-7(16)5-14-9(17)8-3-2-4-15(8)6-10(11,12)13/h2-4,7,16H,5-6H2,1H3,(H,14,17)/t7-/m1/s1. The lowest BCUT2D eigenvalue weighted by molar-refractivity contribution is -0.140. The predicted molar refractivity (Wildman–Crippen MR) is 54.5 cm³/mol. The van der Waals surface area contributed by atoms with Crippen molar-refractivity contribution in [2.75, 3.05) is 6.54 Å². The number of carbonyl (C=O) groups excluding carboxylic acids is 1. The lowest BCUT2D eigenvalue weighted by Gasteiger charge is -2.12. The summed E-state index contributed by atoms with van der Waals surface area (Å²) in [5.74, 6) is -0.639. The Balaban J connectivity index is 2.71. The lowest BCUT2D eigenvalue weighted by atomic mass is 10.3. The van der Waals surface area contributed by atoms with Crippen molar-refractivity contribution in [1.82, 2.24) is 9.88 Å². The van der Waals surface area contributed by atoms with E-state index in [-0.39, 0.29) is 12.2 Å². The summed E-state index contributed by atoms with van der Waals surface area (Å²) in [7, 11) is 0. The van der Waals surface area contributed by atoms with Crippen molar-refractivity contribution >= 4 is 5.91 Å². The van der Waals surface area contributed by atoms with Crippen molar-refractivity contribution in [3.63, 3.8) is 0 Å². The number of amides is 1. The summed E-state index contributed by atoms with van der Waals surface area (Å²) in [6.07, 6.45) is -3.94. The number of hydrogen-bond donors (Lipinski definition) is 2. The molecule has 0 aromatic carbocycles. The van der Waals surface area contributed by atoms with Gasteiger partial charge in [0, 0.05) is 12.7 Å². The summed E-state index contributed by atoms with van der Waals surface area (Å²) in [5.41, 5.74) is -0.0806. The smallest absolute Gasteiger partial charge is 0.392 e. The van der Waals surface area contributed by atoms with Gasteiger partial charge in [-0.1, -0.05) is 0 Å². The molecule has 2 N–H and O–H groups in total. The number of halogens is 3. The zero-order valence-electron chi connectivity index (χ0n) is 9.16. The molecule has 1 amide bonds. The summed E-state index contributed by atoms with van der Waals surface area (Å²) in [5, 5.41) is 11.3. The molecule has 17 heavy (non-hydrogen) atoms. The number of rotatable bonds is 4. The maximum atomic E-state index is 12.2. The van der Waals surface area contributed by atoms with E-state index in [1.54, 1.807) is 0 Å². The minimum absolute atomic E-state index is 0.00394. The van der Waals surface area contributed by atoms with Crippen LogP contribution in [0.1, 0.15) is 17.4 Å². The fraction of sp³-hybridized carbons (Fsp3) is 0.500. The van der Waals surface area contributed by atoms with Gasteiger partial charge in [0.15, 0.2) is 0 Å². The highest BCUT2D eigenvalue weighted by Gasteiger charge is 2.29. The number of hydrogen-bond acceptors (Lipinski definition) is 2. The van der Waals surface area contributed by atoms with E-state index in [9.17, 15) is 18.0 Å². The first-order valence-electron chi connectivity index (χ1n) is 4.98. The van der Waals surface area contributed by atoms with Crippen molar-refractivity contribution < 1.29 is 23.1 Å². The Morgan fingerprint density at radius 1 is 1.59 bits per heavy atom. The highest BCUT2D eigenvalue weighted by molar-refractivity contribution is 5.92. The topological polar surface area (TPSA) is 54.3 Å². The molecular weight excluding hydrogens is 237 g/mol. The summed E-state index contributed by atoms with van der Waals surface area (Å²) in [4.78, 5) is 11.5. The zero-order chi connectivity index (χ0) is 13.1. The third kappa shape index (κ3) is 4.48. The van der Waals surface area contributed by atoms with Crippen LogP contribution in [-0.2, 0) is 6.54 Å². The molecule has 1 aromatic rings. The van der Waals surface area contributed by atoms with Gasteiger partial charge in [-0.3, -0.25) is 4.79 Å². The van der Waals surface area contributed by atoms with Crippen LogP contribution in [0.25, 0.3) is 0 Å². The van der Waals surface area contributed by atoms with E-state index in [0.29, 0.717) is 0 Å². The number of nitrogens with one attached hydrogen (secondary N) is 1. The monoisotopic (exact) mass is 250 g/mol. The van der Waals surface area contributed by atoms with Gasteiger partial charge in [-0.25, -0.2) is 0 Å². The van der Waals surface area contributed by atoms with Gasteiger partial charge < -0.3 is 15.0 Å². The molecule has 1 atom stereocenters. The van der Waals surface area contributed by atoms with Crippen LogP contribution < -0.4 is 5.32 Å². The first kappa shape index (κ1) is 13.6. The van der Waals surface area contributed by atoms with Crippen molar-refractivity contribution in [2.45, 2.75) is 25.7 Å². The Hall–Kier alpha value is -1.50. The van der Waals surface area contributed by atoms with Crippen LogP contribution in [0.15, 0.2) is 18.3 Å². The zero-order valence-corrected chi connectivity index (χ0v) is 9.16. The van der Waals surface area contributed by atoms with Crippen molar-refractivity contribution in [3.8, 4) is 0 Å². The molecule has 0 unspecified atom stereocenters. The molecule has 0 aliphatic carbocycles. The van der Waals surface area contributed by atoms with Crippen LogP contribution in [0.3, 0.4) is 0 Å². The van der Waals surface area contributed by atoms with E-state index in [1.165, 1.54) is 25.3 Å². The van der Waals surface area contributed by atoms with Crippen molar-refractivity contribution in [1.29, 1.82) is 0 Å². The van der Waals surface area contributed by atoms with E-state index in [0.717, 1.165) is 4.57 Å². The highest BCUT2D eigenvalue weighted by atomic mass is 19.4. The van der Waals surface area contributed by atoms with Crippen LogP contribution in [0.4, 0.5) is 13.2 Å². The van der Waals surface area contributed by atoms with E-state index < -0.39 is 24.7 Å². The minimum Gasteiger partial charge on any atom is -0.392 e. The molecule has 0 fully saturated rings. The molecule has 7 heteroatoms. The Kier molecular flexibility index (Phi) is 4.17. The van der Waals surface area contributed by atoms with E-state index in [4.69, 9.17) is 5.11 Å². The summed E-state index contributed by atoms with van der Waals surface area (Å²) in [6.45, 7) is 0.252. The van der Waals surface area contributed by atoms with Crippen LogP contribution in [0.5, 0.6) is 0 Å². The normalized spacial score (nSPS) is 13.5. The number of carbonyl (C=O) groups is 1. The fourth-order valence-corrected chi connectivity index (χ4v) is 1.28. The highest BCUT2D eigenvalue weighted by Crippen LogP contribution is 2.18. The molecule has 1 aromatic heterocycles. The molecular formula is C10H13F3N2O2. The Morgan fingerprint density at radius 3 is 2.76 bits per heavy atom. The van der Waals surface area contributed by atoms with E-state index in [1.807, 2.05) is 0 Å². The van der Waals surface area contributed by atoms with Gasteiger partial charge in [0.25, 0.3) is 5.91 Å². The number of aromatic nitrogens is 1. The SMILES string of the molecule is C[C@@H](O)CNC(=O)c1cccn1CC(F)(F)F. The van der Waals surface area contributed by atoms with Gasteiger partial charge in [-0.15, -0.1) is 0 Å². The second-order valence-electron chi connectivity index (χ2n) is 3.70. The molecule has 0 radical (unpaired) electrons. The Bertz CT molecular complexity index is 385. The molecule has 0 saturated carbocycles. The molecule has 0 spiro atoms. The maximum Gasteiger partial charge on any atom is 0.406 e. The average Bonchev–Trinajstić information content (AvgIpc) is 2.59. The van der Waals surface area contributed by atoms with Gasteiger partial charge >= 0.3 is 6.18 Å². The van der Waals surface area contributed by atoms with E-state index in [2.05, 4.69) is 5.32 Å². The minimum atomic E-state index is -4.38. The molecule has 96 valence electrons. The second kappa shape index (κ2) is 5.22. The summed E-state index contributed by atoms with van der Waals surface area (Å²) in [6, 6.07) is 2.66. The number of nitrogens with zero attached hydrogens (tertiary/aromatic N) is 1. The number of aliphatic hydroxyl groups excluding tert-OH is 1. The number of alkyl halides is 3. The lowest BCUT2D eigenvalue weighted by Crippen LogP contribution is -2.32. The summed E-state index contributed by atoms with van der Waals surface area (Å²) >= 11 is 0. The molecule has 0 aliphatic heterocycles.